The molecule has 1 fully saturated rings. The summed E-state index contributed by atoms with van der Waals surface area (Å²) in [4.78, 5) is 12.4. The molecule has 0 spiro atoms. The first-order valence-corrected chi connectivity index (χ1v) is 7.84. The van der Waals surface area contributed by atoms with Crippen molar-refractivity contribution in [1.82, 2.24) is 10.6 Å². The fraction of sp³-hybridized carbons (Fsp3) is 0.533. The highest BCUT2D eigenvalue weighted by atomic mass is 79.9. The Labute approximate surface area is 127 Å². The lowest BCUT2D eigenvalue weighted by atomic mass is 9.91. The molecule has 110 valence electrons. The summed E-state index contributed by atoms with van der Waals surface area (Å²) in [6, 6.07) is 4.75. The van der Waals surface area contributed by atoms with E-state index in [1.54, 1.807) is 12.1 Å². The minimum Gasteiger partial charge on any atom is -0.350 e. The molecular formula is C15H20BrFN2O. The highest BCUT2D eigenvalue weighted by Gasteiger charge is 2.39. The van der Waals surface area contributed by atoms with Gasteiger partial charge in [0.2, 0.25) is 5.91 Å². The Balaban J connectivity index is 2.02. The number of halogens is 2. The van der Waals surface area contributed by atoms with E-state index in [4.69, 9.17) is 0 Å². The van der Waals surface area contributed by atoms with Gasteiger partial charge in [0.15, 0.2) is 0 Å². The highest BCUT2D eigenvalue weighted by Crippen LogP contribution is 2.25. The molecule has 5 heteroatoms. The van der Waals surface area contributed by atoms with Gasteiger partial charge >= 0.3 is 0 Å². The summed E-state index contributed by atoms with van der Waals surface area (Å²) in [5.74, 6) is -0.311. The average Bonchev–Trinajstić information content (AvgIpc) is 2.90. The van der Waals surface area contributed by atoms with Gasteiger partial charge in [0.1, 0.15) is 5.82 Å². The van der Waals surface area contributed by atoms with E-state index < -0.39 is 5.54 Å². The molecule has 1 unspecified atom stereocenters. The zero-order chi connectivity index (χ0) is 14.6. The number of carbonyl (C=O) groups is 1. The van der Waals surface area contributed by atoms with Gasteiger partial charge in [-0.05, 0) is 44.0 Å². The first-order valence-electron chi connectivity index (χ1n) is 7.04. The van der Waals surface area contributed by atoms with Crippen molar-refractivity contribution in [3.05, 3.63) is 34.1 Å². The number of hydrogen-bond donors (Lipinski definition) is 2. The molecular weight excluding hydrogens is 323 g/mol. The monoisotopic (exact) mass is 342 g/mol. The van der Waals surface area contributed by atoms with E-state index in [0.717, 1.165) is 36.7 Å². The minimum atomic E-state index is -0.461. The predicted molar refractivity (Wildman–Crippen MR) is 80.8 cm³/mol. The Morgan fingerprint density at radius 3 is 3.00 bits per heavy atom. The van der Waals surface area contributed by atoms with Crippen molar-refractivity contribution in [2.24, 2.45) is 0 Å². The largest absolute Gasteiger partial charge is 0.350 e. The van der Waals surface area contributed by atoms with Gasteiger partial charge in [-0.1, -0.05) is 29.3 Å². The lowest BCUT2D eigenvalue weighted by Crippen LogP contribution is -2.53. The van der Waals surface area contributed by atoms with Crippen LogP contribution in [0.2, 0.25) is 0 Å². The highest BCUT2D eigenvalue weighted by molar-refractivity contribution is 9.10. The molecule has 20 heavy (non-hydrogen) atoms. The first-order chi connectivity index (χ1) is 9.57. The molecule has 1 atom stereocenters. The van der Waals surface area contributed by atoms with Crippen LogP contribution >= 0.6 is 15.9 Å². The van der Waals surface area contributed by atoms with Crippen LogP contribution in [0.25, 0.3) is 0 Å². The molecule has 1 aliphatic rings. The average molecular weight is 343 g/mol. The van der Waals surface area contributed by atoms with Crippen molar-refractivity contribution in [3.63, 3.8) is 0 Å². The van der Waals surface area contributed by atoms with Crippen molar-refractivity contribution in [1.29, 1.82) is 0 Å². The van der Waals surface area contributed by atoms with E-state index in [9.17, 15) is 9.18 Å². The predicted octanol–water partition coefficient (Wildman–Crippen LogP) is 3.13. The second-order valence-electron chi connectivity index (χ2n) is 5.28. The van der Waals surface area contributed by atoms with Gasteiger partial charge in [-0.2, -0.15) is 0 Å². The van der Waals surface area contributed by atoms with E-state index in [1.165, 1.54) is 6.07 Å². The van der Waals surface area contributed by atoms with Crippen LogP contribution < -0.4 is 10.6 Å². The second kappa shape index (κ2) is 6.68. The number of rotatable bonds is 5. The normalized spacial score (nSPS) is 21.9. The van der Waals surface area contributed by atoms with E-state index in [0.29, 0.717) is 5.56 Å². The lowest BCUT2D eigenvalue weighted by Gasteiger charge is -2.27. The molecule has 1 aromatic rings. The molecule has 0 bridgehead atoms. The zero-order valence-electron chi connectivity index (χ0n) is 11.6. The second-order valence-corrected chi connectivity index (χ2v) is 6.20. The van der Waals surface area contributed by atoms with Crippen LogP contribution in [0.4, 0.5) is 4.39 Å². The van der Waals surface area contributed by atoms with Gasteiger partial charge in [-0.3, -0.25) is 4.79 Å². The van der Waals surface area contributed by atoms with Gasteiger partial charge in [0, 0.05) is 16.6 Å². The maximum atomic E-state index is 13.7. The molecule has 1 amide bonds. The Kier molecular flexibility index (Phi) is 5.16. The van der Waals surface area contributed by atoms with Gasteiger partial charge < -0.3 is 10.6 Å². The maximum Gasteiger partial charge on any atom is 0.240 e. The van der Waals surface area contributed by atoms with Crippen LogP contribution in [-0.2, 0) is 11.3 Å². The molecule has 0 aliphatic carbocycles. The SMILES string of the molecule is CCCC1(C(=O)NCc2cc(Br)ccc2F)CCCN1. The smallest absolute Gasteiger partial charge is 0.240 e. The lowest BCUT2D eigenvalue weighted by molar-refractivity contribution is -0.127. The zero-order valence-corrected chi connectivity index (χ0v) is 13.2. The Morgan fingerprint density at radius 2 is 2.35 bits per heavy atom. The minimum absolute atomic E-state index is 0.0174. The summed E-state index contributed by atoms with van der Waals surface area (Å²) >= 11 is 3.31. The summed E-state index contributed by atoms with van der Waals surface area (Å²) in [6.45, 7) is 3.17. The van der Waals surface area contributed by atoms with Crippen LogP contribution in [0.3, 0.4) is 0 Å². The quantitative estimate of drug-likeness (QED) is 0.863. The van der Waals surface area contributed by atoms with Gasteiger partial charge in [-0.15, -0.1) is 0 Å². The summed E-state index contributed by atoms with van der Waals surface area (Å²) in [5, 5.41) is 6.19. The molecule has 0 saturated carbocycles. The van der Waals surface area contributed by atoms with E-state index in [1.807, 2.05) is 0 Å². The van der Waals surface area contributed by atoms with Crippen molar-refractivity contribution in [2.45, 2.75) is 44.7 Å². The van der Waals surface area contributed by atoms with Gasteiger partial charge in [0.25, 0.3) is 0 Å². The molecule has 2 N–H and O–H groups in total. The van der Waals surface area contributed by atoms with E-state index in [-0.39, 0.29) is 18.3 Å². The third-order valence-electron chi connectivity index (χ3n) is 3.80. The Hall–Kier alpha value is -0.940. The standard InChI is InChI=1S/C15H20BrFN2O/c1-2-6-15(7-3-8-19-15)14(20)18-10-11-9-12(16)4-5-13(11)17/h4-5,9,19H,2-3,6-8,10H2,1H3,(H,18,20). The van der Waals surface area contributed by atoms with Crippen LogP contribution in [0.5, 0.6) is 0 Å². The van der Waals surface area contributed by atoms with Gasteiger partial charge in [0.05, 0.1) is 5.54 Å². The van der Waals surface area contributed by atoms with E-state index in [2.05, 4.69) is 33.5 Å². The maximum absolute atomic E-state index is 13.7. The van der Waals surface area contributed by atoms with Crippen molar-refractivity contribution < 1.29 is 9.18 Å². The molecule has 1 heterocycles. The first kappa shape index (κ1) is 15.4. The molecule has 1 aliphatic heterocycles. The Bertz CT molecular complexity index is 487. The molecule has 3 nitrogen and oxygen atoms in total. The topological polar surface area (TPSA) is 41.1 Å². The number of hydrogen-bond acceptors (Lipinski definition) is 2. The molecule has 0 aromatic heterocycles. The molecule has 1 saturated heterocycles. The van der Waals surface area contributed by atoms with Gasteiger partial charge in [-0.25, -0.2) is 4.39 Å². The number of amides is 1. The van der Waals surface area contributed by atoms with Crippen LogP contribution in [0.1, 0.15) is 38.2 Å². The molecule has 1 aromatic carbocycles. The number of carbonyl (C=O) groups excluding carboxylic acids is 1. The summed E-state index contributed by atoms with van der Waals surface area (Å²) < 4.78 is 14.5. The Morgan fingerprint density at radius 1 is 1.55 bits per heavy atom. The number of benzene rings is 1. The van der Waals surface area contributed by atoms with E-state index >= 15 is 0 Å². The van der Waals surface area contributed by atoms with Crippen LogP contribution in [0, 0.1) is 5.82 Å². The fourth-order valence-corrected chi connectivity index (χ4v) is 3.19. The van der Waals surface area contributed by atoms with Crippen molar-refractivity contribution in [3.8, 4) is 0 Å². The number of nitrogens with one attached hydrogen (secondary N) is 2. The van der Waals surface area contributed by atoms with Crippen molar-refractivity contribution >= 4 is 21.8 Å². The summed E-state index contributed by atoms with van der Waals surface area (Å²) in [7, 11) is 0. The third-order valence-corrected chi connectivity index (χ3v) is 4.30. The summed E-state index contributed by atoms with van der Waals surface area (Å²) in [6.07, 6.45) is 3.64. The van der Waals surface area contributed by atoms with Crippen LogP contribution in [-0.4, -0.2) is 18.0 Å². The summed E-state index contributed by atoms with van der Waals surface area (Å²) in [5.41, 5.74) is 0.0365. The molecule has 2 rings (SSSR count). The molecule has 0 radical (unpaired) electrons. The fourth-order valence-electron chi connectivity index (χ4n) is 2.78. The third kappa shape index (κ3) is 3.38. The van der Waals surface area contributed by atoms with Crippen LogP contribution in [0.15, 0.2) is 22.7 Å². The van der Waals surface area contributed by atoms with Crippen molar-refractivity contribution in [2.75, 3.05) is 6.54 Å².